The van der Waals surface area contributed by atoms with Crippen molar-refractivity contribution in [3.05, 3.63) is 51.8 Å². The van der Waals surface area contributed by atoms with E-state index >= 15 is 0 Å². The Morgan fingerprint density at radius 3 is 2.53 bits per heavy atom. The molecule has 0 aliphatic heterocycles. The molecule has 1 N–H and O–H groups in total. The standard InChI is InChI=1S/C22H21F3N4O2S/c1-11-17-12(2)26-19(13-8-9-13)28-20(17)32-18(11)21(31)29(3)10-16(30)27-15-7-5-4-6-14(15)22(23,24)25/h4-7,13H,8-10H2,1-3H3,(H,27,30). The van der Waals surface area contributed by atoms with Crippen LogP contribution in [0.15, 0.2) is 24.3 Å². The van der Waals surface area contributed by atoms with Gasteiger partial charge in [0.25, 0.3) is 5.91 Å². The number of benzene rings is 1. The van der Waals surface area contributed by atoms with Crippen LogP contribution in [0.25, 0.3) is 10.2 Å². The van der Waals surface area contributed by atoms with Gasteiger partial charge in [0.05, 0.1) is 28.4 Å². The molecule has 1 aliphatic rings. The van der Waals surface area contributed by atoms with Crippen molar-refractivity contribution >= 4 is 39.1 Å². The first-order valence-electron chi connectivity index (χ1n) is 10.1. The van der Waals surface area contributed by atoms with Crippen LogP contribution >= 0.6 is 11.3 Å². The number of nitrogens with one attached hydrogen (secondary N) is 1. The van der Waals surface area contributed by atoms with E-state index in [1.807, 2.05) is 13.8 Å². The third kappa shape index (κ3) is 4.32. The number of halogens is 3. The highest BCUT2D eigenvalue weighted by Gasteiger charge is 2.34. The van der Waals surface area contributed by atoms with Crippen molar-refractivity contribution in [3.8, 4) is 0 Å². The number of carbonyl (C=O) groups excluding carboxylic acids is 2. The Kier molecular flexibility index (Phi) is 5.66. The monoisotopic (exact) mass is 462 g/mol. The molecule has 0 atom stereocenters. The molecule has 0 unspecified atom stereocenters. The van der Waals surface area contributed by atoms with Gasteiger partial charge >= 0.3 is 6.18 Å². The number of alkyl halides is 3. The van der Waals surface area contributed by atoms with E-state index in [4.69, 9.17) is 0 Å². The summed E-state index contributed by atoms with van der Waals surface area (Å²) >= 11 is 1.25. The molecule has 2 amide bonds. The zero-order valence-corrected chi connectivity index (χ0v) is 18.5. The van der Waals surface area contributed by atoms with Crippen molar-refractivity contribution in [1.82, 2.24) is 14.9 Å². The van der Waals surface area contributed by atoms with Gasteiger partial charge in [0.15, 0.2) is 0 Å². The van der Waals surface area contributed by atoms with E-state index in [1.54, 1.807) is 0 Å². The summed E-state index contributed by atoms with van der Waals surface area (Å²) in [6.07, 6.45) is -2.47. The van der Waals surface area contributed by atoms with Crippen LogP contribution in [0.4, 0.5) is 18.9 Å². The summed E-state index contributed by atoms with van der Waals surface area (Å²) in [5.74, 6) is 0.0670. The molecule has 0 bridgehead atoms. The number of fused-ring (bicyclic) bond motifs is 1. The topological polar surface area (TPSA) is 75.2 Å². The fourth-order valence-corrected chi connectivity index (χ4v) is 4.81. The van der Waals surface area contributed by atoms with Crippen LogP contribution < -0.4 is 5.32 Å². The number of likely N-dealkylation sites (N-methyl/N-ethyl adjacent to an activating group) is 1. The molecule has 2 aromatic heterocycles. The molecule has 2 heterocycles. The maximum atomic E-state index is 13.1. The molecular formula is C22H21F3N4O2S. The molecule has 4 rings (SSSR count). The summed E-state index contributed by atoms with van der Waals surface area (Å²) < 4.78 is 39.4. The first kappa shape index (κ1) is 22.2. The van der Waals surface area contributed by atoms with Crippen molar-refractivity contribution in [1.29, 1.82) is 0 Å². The highest BCUT2D eigenvalue weighted by molar-refractivity contribution is 7.20. The fourth-order valence-electron chi connectivity index (χ4n) is 3.58. The summed E-state index contributed by atoms with van der Waals surface area (Å²) in [6.45, 7) is 3.31. The van der Waals surface area contributed by atoms with Crippen molar-refractivity contribution in [2.45, 2.75) is 38.8 Å². The van der Waals surface area contributed by atoms with Crippen molar-refractivity contribution in [3.63, 3.8) is 0 Å². The minimum Gasteiger partial charge on any atom is -0.332 e. The number of carbonyl (C=O) groups is 2. The van der Waals surface area contributed by atoms with E-state index in [2.05, 4.69) is 15.3 Å². The van der Waals surface area contributed by atoms with Gasteiger partial charge in [-0.1, -0.05) is 12.1 Å². The second kappa shape index (κ2) is 8.16. The Morgan fingerprint density at radius 2 is 1.88 bits per heavy atom. The Balaban J connectivity index is 1.52. The van der Waals surface area contributed by atoms with Crippen LogP contribution in [0.3, 0.4) is 0 Å². The van der Waals surface area contributed by atoms with Gasteiger partial charge in [-0.25, -0.2) is 9.97 Å². The van der Waals surface area contributed by atoms with Crippen LogP contribution in [-0.4, -0.2) is 40.3 Å². The number of nitrogens with zero attached hydrogens (tertiary/aromatic N) is 3. The molecule has 1 fully saturated rings. The molecule has 3 aromatic rings. The van der Waals surface area contributed by atoms with Gasteiger partial charge in [-0.3, -0.25) is 9.59 Å². The first-order valence-corrected chi connectivity index (χ1v) is 10.9. The van der Waals surface area contributed by atoms with Gasteiger partial charge in [0, 0.05) is 18.4 Å². The summed E-state index contributed by atoms with van der Waals surface area (Å²) in [4.78, 5) is 37.0. The number of hydrogen-bond acceptors (Lipinski definition) is 5. The number of anilines is 1. The van der Waals surface area contributed by atoms with E-state index in [1.165, 1.54) is 41.5 Å². The normalized spacial score (nSPS) is 13.9. The van der Waals surface area contributed by atoms with Gasteiger partial charge in [-0.2, -0.15) is 13.2 Å². The van der Waals surface area contributed by atoms with Crippen molar-refractivity contribution < 1.29 is 22.8 Å². The smallest absolute Gasteiger partial charge is 0.332 e. The van der Waals surface area contributed by atoms with Crippen LogP contribution in [0.2, 0.25) is 0 Å². The lowest BCUT2D eigenvalue weighted by molar-refractivity contribution is -0.137. The third-order valence-electron chi connectivity index (χ3n) is 5.36. The number of aromatic nitrogens is 2. The second-order valence-electron chi connectivity index (χ2n) is 7.93. The molecule has 0 spiro atoms. The molecule has 32 heavy (non-hydrogen) atoms. The van der Waals surface area contributed by atoms with Crippen LogP contribution in [0.5, 0.6) is 0 Å². The molecule has 1 aliphatic carbocycles. The number of rotatable bonds is 5. The maximum absolute atomic E-state index is 13.1. The molecule has 168 valence electrons. The van der Waals surface area contributed by atoms with E-state index < -0.39 is 30.1 Å². The largest absolute Gasteiger partial charge is 0.418 e. The number of para-hydroxylation sites is 1. The predicted molar refractivity (Wildman–Crippen MR) is 116 cm³/mol. The molecule has 6 nitrogen and oxygen atoms in total. The average molecular weight is 462 g/mol. The van der Waals surface area contributed by atoms with Crippen molar-refractivity contribution in [2.75, 3.05) is 18.9 Å². The minimum absolute atomic E-state index is 0.345. The third-order valence-corrected chi connectivity index (χ3v) is 6.53. The highest BCUT2D eigenvalue weighted by atomic mass is 32.1. The average Bonchev–Trinajstić information content (AvgIpc) is 3.50. The second-order valence-corrected chi connectivity index (χ2v) is 8.93. The molecule has 10 heteroatoms. The Labute approximate surface area is 186 Å². The number of thiophene rings is 1. The fraction of sp³-hybridized carbons (Fsp3) is 0.364. The Bertz CT molecular complexity index is 1220. The van der Waals surface area contributed by atoms with Gasteiger partial charge in [0.2, 0.25) is 5.91 Å². The molecular weight excluding hydrogens is 441 g/mol. The Hall–Kier alpha value is -3.01. The quantitative estimate of drug-likeness (QED) is 0.584. The lowest BCUT2D eigenvalue weighted by Crippen LogP contribution is -2.35. The SMILES string of the molecule is Cc1nc(C2CC2)nc2sc(C(=O)N(C)CC(=O)Nc3ccccc3C(F)(F)F)c(C)c12. The summed E-state index contributed by atoms with van der Waals surface area (Å²) in [7, 11) is 1.44. The number of aryl methyl sites for hydroxylation is 2. The Morgan fingerprint density at radius 1 is 1.19 bits per heavy atom. The van der Waals surface area contributed by atoms with Crippen LogP contribution in [-0.2, 0) is 11.0 Å². The predicted octanol–water partition coefficient (Wildman–Crippen LogP) is 4.92. The summed E-state index contributed by atoms with van der Waals surface area (Å²) in [6, 6.07) is 4.72. The maximum Gasteiger partial charge on any atom is 0.418 e. The van der Waals surface area contributed by atoms with E-state index in [0.29, 0.717) is 10.8 Å². The molecule has 1 saturated carbocycles. The lowest BCUT2D eigenvalue weighted by atomic mass is 10.1. The van der Waals surface area contributed by atoms with Crippen molar-refractivity contribution in [2.24, 2.45) is 0 Å². The van der Waals surface area contributed by atoms with E-state index in [9.17, 15) is 22.8 Å². The molecule has 0 radical (unpaired) electrons. The van der Waals surface area contributed by atoms with Gasteiger partial charge in [0.1, 0.15) is 10.7 Å². The highest BCUT2D eigenvalue weighted by Crippen LogP contribution is 2.40. The first-order chi connectivity index (χ1) is 15.1. The summed E-state index contributed by atoms with van der Waals surface area (Å²) in [5, 5.41) is 3.09. The number of hydrogen-bond donors (Lipinski definition) is 1. The lowest BCUT2D eigenvalue weighted by Gasteiger charge is -2.18. The van der Waals surface area contributed by atoms with Crippen LogP contribution in [0, 0.1) is 13.8 Å². The van der Waals surface area contributed by atoms with Crippen LogP contribution in [0.1, 0.15) is 51.1 Å². The van der Waals surface area contributed by atoms with Gasteiger partial charge in [-0.05, 0) is 44.4 Å². The molecule has 0 saturated heterocycles. The van der Waals surface area contributed by atoms with E-state index in [-0.39, 0.29) is 5.69 Å². The zero-order valence-electron chi connectivity index (χ0n) is 17.7. The van der Waals surface area contributed by atoms with Gasteiger partial charge in [-0.15, -0.1) is 11.3 Å². The van der Waals surface area contributed by atoms with Gasteiger partial charge < -0.3 is 10.2 Å². The molecule has 1 aromatic carbocycles. The zero-order chi connectivity index (χ0) is 23.2. The minimum atomic E-state index is -4.60. The summed E-state index contributed by atoms with van der Waals surface area (Å²) in [5.41, 5.74) is 0.268. The van der Waals surface area contributed by atoms with E-state index in [0.717, 1.165) is 46.2 Å². The number of amides is 2.